The molecule has 1 unspecified atom stereocenters. The predicted molar refractivity (Wildman–Crippen MR) is 72.7 cm³/mol. The largest absolute Gasteiger partial charge is 0.433 e. The summed E-state index contributed by atoms with van der Waals surface area (Å²) in [6.45, 7) is 7.82. The summed E-state index contributed by atoms with van der Waals surface area (Å²) in [4.78, 5) is 5.70. The number of halogens is 3. The molecule has 0 bridgehead atoms. The van der Waals surface area contributed by atoms with Gasteiger partial charge in [-0.05, 0) is 32.4 Å². The Hall–Kier alpha value is -1.30. The Morgan fingerprint density at radius 3 is 2.60 bits per heavy atom. The van der Waals surface area contributed by atoms with Crippen molar-refractivity contribution in [1.29, 1.82) is 0 Å². The molecule has 112 valence electrons. The van der Waals surface area contributed by atoms with Crippen molar-refractivity contribution in [2.75, 3.05) is 18.0 Å². The van der Waals surface area contributed by atoms with Crippen LogP contribution in [0.2, 0.25) is 0 Å². The molecule has 1 saturated heterocycles. The fourth-order valence-corrected chi connectivity index (χ4v) is 2.51. The first kappa shape index (κ1) is 15.1. The van der Waals surface area contributed by atoms with Gasteiger partial charge in [0.05, 0.1) is 11.9 Å². The second-order valence-electron chi connectivity index (χ2n) is 5.85. The third kappa shape index (κ3) is 3.23. The van der Waals surface area contributed by atoms with E-state index in [1.165, 1.54) is 12.3 Å². The summed E-state index contributed by atoms with van der Waals surface area (Å²) in [5.41, 5.74) is -0.155. The van der Waals surface area contributed by atoms with Crippen LogP contribution in [-0.4, -0.2) is 29.7 Å². The van der Waals surface area contributed by atoms with Gasteiger partial charge in [0.15, 0.2) is 0 Å². The maximum atomic E-state index is 12.5. The number of aromatic nitrogens is 1. The van der Waals surface area contributed by atoms with Gasteiger partial charge in [-0.15, -0.1) is 0 Å². The van der Waals surface area contributed by atoms with Crippen molar-refractivity contribution in [3.8, 4) is 0 Å². The summed E-state index contributed by atoms with van der Waals surface area (Å²) in [5, 5.41) is 3.45. The van der Waals surface area contributed by atoms with Crippen LogP contribution in [0.25, 0.3) is 0 Å². The lowest BCUT2D eigenvalue weighted by molar-refractivity contribution is -0.141. The number of rotatable bonds is 2. The lowest BCUT2D eigenvalue weighted by Gasteiger charge is -2.45. The Bertz CT molecular complexity index is 454. The van der Waals surface area contributed by atoms with E-state index in [1.807, 2.05) is 0 Å². The first-order valence-corrected chi connectivity index (χ1v) is 6.78. The van der Waals surface area contributed by atoms with Gasteiger partial charge in [0.25, 0.3) is 0 Å². The van der Waals surface area contributed by atoms with Crippen LogP contribution in [0.5, 0.6) is 0 Å². The summed E-state index contributed by atoms with van der Waals surface area (Å²) >= 11 is 0. The van der Waals surface area contributed by atoms with Crippen molar-refractivity contribution >= 4 is 5.69 Å². The number of pyridine rings is 1. The number of piperazine rings is 1. The van der Waals surface area contributed by atoms with Crippen LogP contribution in [0.4, 0.5) is 18.9 Å². The number of hydrogen-bond donors (Lipinski definition) is 1. The van der Waals surface area contributed by atoms with Crippen LogP contribution in [0, 0.1) is 0 Å². The van der Waals surface area contributed by atoms with Crippen LogP contribution in [0.3, 0.4) is 0 Å². The van der Waals surface area contributed by atoms with Crippen molar-refractivity contribution in [1.82, 2.24) is 10.3 Å². The molecule has 1 atom stereocenters. The van der Waals surface area contributed by atoms with E-state index < -0.39 is 11.9 Å². The molecule has 1 aromatic heterocycles. The van der Waals surface area contributed by atoms with Gasteiger partial charge < -0.3 is 10.2 Å². The topological polar surface area (TPSA) is 28.2 Å². The molecule has 2 rings (SSSR count). The molecule has 1 aliphatic heterocycles. The number of anilines is 1. The van der Waals surface area contributed by atoms with Gasteiger partial charge in [-0.1, -0.05) is 6.92 Å². The zero-order chi connectivity index (χ0) is 15.0. The molecule has 1 aromatic rings. The Morgan fingerprint density at radius 1 is 1.40 bits per heavy atom. The van der Waals surface area contributed by atoms with Crippen molar-refractivity contribution < 1.29 is 13.2 Å². The molecule has 1 aliphatic rings. The number of alkyl halides is 3. The summed E-state index contributed by atoms with van der Waals surface area (Å²) in [5.74, 6) is 0. The monoisotopic (exact) mass is 287 g/mol. The van der Waals surface area contributed by atoms with Gasteiger partial charge in [-0.3, -0.25) is 0 Å². The second kappa shape index (κ2) is 5.24. The molecular weight excluding hydrogens is 267 g/mol. The Labute approximate surface area is 117 Å². The third-order valence-electron chi connectivity index (χ3n) is 3.66. The summed E-state index contributed by atoms with van der Waals surface area (Å²) < 4.78 is 37.6. The maximum absolute atomic E-state index is 12.5. The summed E-state index contributed by atoms with van der Waals surface area (Å²) in [6.07, 6.45) is -2.12. The van der Waals surface area contributed by atoms with E-state index in [2.05, 4.69) is 36.0 Å². The molecule has 0 radical (unpaired) electrons. The van der Waals surface area contributed by atoms with Crippen LogP contribution in [0.15, 0.2) is 18.3 Å². The van der Waals surface area contributed by atoms with Gasteiger partial charge >= 0.3 is 6.18 Å². The molecule has 0 spiro atoms. The predicted octanol–water partition coefficient (Wildman–Crippen LogP) is 3.07. The molecule has 0 amide bonds. The highest BCUT2D eigenvalue weighted by Gasteiger charge is 2.34. The smallest absolute Gasteiger partial charge is 0.364 e. The van der Waals surface area contributed by atoms with Crippen molar-refractivity contribution in [3.63, 3.8) is 0 Å². The Kier molecular flexibility index (Phi) is 3.95. The highest BCUT2D eigenvalue weighted by molar-refractivity contribution is 5.47. The molecule has 20 heavy (non-hydrogen) atoms. The SMILES string of the molecule is CCC1CNC(C)(C)CN1c1ccc(C(F)(F)F)nc1. The molecule has 0 saturated carbocycles. The van der Waals surface area contributed by atoms with E-state index >= 15 is 0 Å². The van der Waals surface area contributed by atoms with Gasteiger partial charge in [0, 0.05) is 24.7 Å². The molecule has 0 aliphatic carbocycles. The average molecular weight is 287 g/mol. The molecular formula is C14H20F3N3. The first-order chi connectivity index (χ1) is 9.23. The Morgan fingerprint density at radius 2 is 2.10 bits per heavy atom. The van der Waals surface area contributed by atoms with Gasteiger partial charge in [-0.2, -0.15) is 13.2 Å². The van der Waals surface area contributed by atoms with Crippen molar-refractivity contribution in [2.45, 2.75) is 44.9 Å². The van der Waals surface area contributed by atoms with E-state index in [1.54, 1.807) is 0 Å². The lowest BCUT2D eigenvalue weighted by atomic mass is 9.97. The van der Waals surface area contributed by atoms with E-state index in [-0.39, 0.29) is 11.6 Å². The molecule has 2 heterocycles. The number of nitrogens with zero attached hydrogens (tertiary/aromatic N) is 2. The highest BCUT2D eigenvalue weighted by Crippen LogP contribution is 2.30. The second-order valence-corrected chi connectivity index (χ2v) is 5.85. The minimum Gasteiger partial charge on any atom is -0.364 e. The normalized spacial score (nSPS) is 22.9. The highest BCUT2D eigenvalue weighted by atomic mass is 19.4. The zero-order valence-electron chi connectivity index (χ0n) is 12.0. The number of hydrogen-bond acceptors (Lipinski definition) is 3. The van der Waals surface area contributed by atoms with Crippen LogP contribution in [0.1, 0.15) is 32.9 Å². The average Bonchev–Trinajstić information content (AvgIpc) is 2.37. The van der Waals surface area contributed by atoms with E-state index in [9.17, 15) is 13.2 Å². The van der Waals surface area contributed by atoms with Gasteiger partial charge in [0.1, 0.15) is 5.69 Å². The Balaban J connectivity index is 2.24. The van der Waals surface area contributed by atoms with Crippen molar-refractivity contribution in [2.24, 2.45) is 0 Å². The fourth-order valence-electron chi connectivity index (χ4n) is 2.51. The van der Waals surface area contributed by atoms with Gasteiger partial charge in [0.2, 0.25) is 0 Å². The molecule has 6 heteroatoms. The van der Waals surface area contributed by atoms with Crippen LogP contribution in [-0.2, 0) is 6.18 Å². The number of nitrogens with one attached hydrogen (secondary N) is 1. The fraction of sp³-hybridized carbons (Fsp3) is 0.643. The van der Waals surface area contributed by atoms with E-state index in [0.717, 1.165) is 31.3 Å². The molecule has 0 aromatic carbocycles. The van der Waals surface area contributed by atoms with Crippen molar-refractivity contribution in [3.05, 3.63) is 24.0 Å². The quantitative estimate of drug-likeness (QED) is 0.906. The third-order valence-corrected chi connectivity index (χ3v) is 3.66. The maximum Gasteiger partial charge on any atom is 0.433 e. The minimum atomic E-state index is -4.38. The first-order valence-electron chi connectivity index (χ1n) is 6.78. The standard InChI is InChI=1S/C14H20F3N3/c1-4-10-8-19-13(2,3)9-20(10)11-5-6-12(18-7-11)14(15,16)17/h5-7,10,19H,4,8-9H2,1-3H3. The van der Waals surface area contributed by atoms with Crippen LogP contribution < -0.4 is 10.2 Å². The summed E-state index contributed by atoms with van der Waals surface area (Å²) in [7, 11) is 0. The zero-order valence-corrected chi connectivity index (χ0v) is 12.0. The minimum absolute atomic E-state index is 0.0611. The summed E-state index contributed by atoms with van der Waals surface area (Å²) in [6, 6.07) is 2.85. The molecule has 3 nitrogen and oxygen atoms in total. The van der Waals surface area contributed by atoms with E-state index in [0.29, 0.717) is 0 Å². The van der Waals surface area contributed by atoms with E-state index in [4.69, 9.17) is 0 Å². The molecule has 1 N–H and O–H groups in total. The van der Waals surface area contributed by atoms with Gasteiger partial charge in [-0.25, -0.2) is 4.98 Å². The lowest BCUT2D eigenvalue weighted by Crippen LogP contribution is -2.61. The van der Waals surface area contributed by atoms with Crippen LogP contribution >= 0.6 is 0 Å². The molecule has 1 fully saturated rings.